The van der Waals surface area contributed by atoms with Crippen LogP contribution < -0.4 is 0 Å². The fourth-order valence-corrected chi connectivity index (χ4v) is 12.3. The number of carbonyl (C=O) groups is 4. The van der Waals surface area contributed by atoms with Crippen molar-refractivity contribution in [1.82, 2.24) is 0 Å². The average Bonchev–Trinajstić information content (AvgIpc) is 3.03. The summed E-state index contributed by atoms with van der Waals surface area (Å²) in [5.74, 6) is -0.599. The molecule has 534 valence electrons. The van der Waals surface area contributed by atoms with Crippen LogP contribution in [-0.4, -0.2) is 96.7 Å². The first kappa shape index (κ1) is 88.1. The van der Waals surface area contributed by atoms with Crippen LogP contribution in [0.3, 0.4) is 0 Å². The maximum Gasteiger partial charge on any atom is 0.472 e. The van der Waals surface area contributed by atoms with Crippen molar-refractivity contribution in [2.24, 2.45) is 11.8 Å². The van der Waals surface area contributed by atoms with Crippen molar-refractivity contribution in [2.45, 2.75) is 381 Å². The summed E-state index contributed by atoms with van der Waals surface area (Å²) in [5.41, 5.74) is 0. The third-order valence-corrected chi connectivity index (χ3v) is 18.4. The number of carbonyl (C=O) groups excluding carboxylic acids is 4. The van der Waals surface area contributed by atoms with E-state index in [0.717, 1.165) is 108 Å². The quantitative estimate of drug-likeness (QED) is 0.0222. The summed E-state index contributed by atoms with van der Waals surface area (Å²) in [6, 6.07) is 0. The molecule has 0 heterocycles. The van der Waals surface area contributed by atoms with Crippen LogP contribution in [-0.2, 0) is 65.4 Å². The fraction of sp³-hybridized carbons (Fsp3) is 0.944. The van der Waals surface area contributed by atoms with Crippen molar-refractivity contribution in [3.63, 3.8) is 0 Å². The van der Waals surface area contributed by atoms with Crippen LogP contribution >= 0.6 is 15.6 Å². The van der Waals surface area contributed by atoms with Gasteiger partial charge in [-0.1, -0.05) is 311 Å². The molecule has 0 aliphatic carbocycles. The van der Waals surface area contributed by atoms with Crippen molar-refractivity contribution < 1.29 is 80.2 Å². The molecule has 0 spiro atoms. The van der Waals surface area contributed by atoms with Gasteiger partial charge < -0.3 is 33.8 Å². The monoisotopic (exact) mass is 1320 g/mol. The number of ether oxygens (including phenoxy) is 4. The summed E-state index contributed by atoms with van der Waals surface area (Å²) in [6.45, 7) is 9.47. The van der Waals surface area contributed by atoms with Gasteiger partial charge in [0.25, 0.3) is 0 Å². The predicted octanol–water partition coefficient (Wildman–Crippen LogP) is 20.4. The summed E-state index contributed by atoms with van der Waals surface area (Å²) < 4.78 is 68.1. The highest BCUT2D eigenvalue weighted by Gasteiger charge is 2.30. The van der Waals surface area contributed by atoms with Crippen LogP contribution in [0.1, 0.15) is 363 Å². The molecule has 0 aliphatic heterocycles. The van der Waals surface area contributed by atoms with E-state index in [1.165, 1.54) is 173 Å². The zero-order valence-electron chi connectivity index (χ0n) is 58.4. The second-order valence-electron chi connectivity index (χ2n) is 26.6. The van der Waals surface area contributed by atoms with Gasteiger partial charge in [-0.05, 0) is 37.5 Å². The Morgan fingerprint density at radius 2 is 0.511 bits per heavy atom. The van der Waals surface area contributed by atoms with Gasteiger partial charge in [0, 0.05) is 25.7 Å². The van der Waals surface area contributed by atoms with Crippen molar-refractivity contribution in [1.29, 1.82) is 0 Å². The molecule has 0 fully saturated rings. The van der Waals surface area contributed by atoms with Crippen LogP contribution in [0.15, 0.2) is 0 Å². The van der Waals surface area contributed by atoms with Crippen LogP contribution in [0.2, 0.25) is 0 Å². The minimum absolute atomic E-state index is 0.105. The molecule has 0 saturated heterocycles. The molecule has 17 nitrogen and oxygen atoms in total. The van der Waals surface area contributed by atoms with Crippen LogP contribution in [0.4, 0.5) is 0 Å². The highest BCUT2D eigenvalue weighted by atomic mass is 31.2. The zero-order chi connectivity index (χ0) is 66.5. The van der Waals surface area contributed by atoms with Crippen molar-refractivity contribution in [3.8, 4) is 0 Å². The Morgan fingerprint density at radius 1 is 0.300 bits per heavy atom. The zero-order valence-corrected chi connectivity index (χ0v) is 60.2. The van der Waals surface area contributed by atoms with E-state index in [9.17, 15) is 43.2 Å². The number of aliphatic hydroxyl groups is 1. The first-order valence-corrected chi connectivity index (χ1v) is 40.0. The van der Waals surface area contributed by atoms with E-state index in [0.29, 0.717) is 25.7 Å². The average molecular weight is 1330 g/mol. The molecule has 0 amide bonds. The second-order valence-corrected chi connectivity index (χ2v) is 29.5. The van der Waals surface area contributed by atoms with Crippen LogP contribution in [0.5, 0.6) is 0 Å². The maximum atomic E-state index is 13.0. The number of unbranched alkanes of at least 4 members (excludes halogenated alkanes) is 40. The Morgan fingerprint density at radius 3 is 0.756 bits per heavy atom. The van der Waals surface area contributed by atoms with Gasteiger partial charge in [0.1, 0.15) is 19.3 Å². The molecular weight excluding hydrogens is 1190 g/mol. The summed E-state index contributed by atoms with van der Waals surface area (Å²) in [7, 11) is -9.89. The van der Waals surface area contributed by atoms with E-state index in [1.54, 1.807) is 0 Å². The van der Waals surface area contributed by atoms with E-state index in [2.05, 4.69) is 41.5 Å². The molecule has 90 heavy (non-hydrogen) atoms. The summed E-state index contributed by atoms with van der Waals surface area (Å²) in [6.07, 6.45) is 48.9. The number of hydrogen-bond acceptors (Lipinski definition) is 15. The van der Waals surface area contributed by atoms with Gasteiger partial charge in [-0.25, -0.2) is 9.13 Å². The van der Waals surface area contributed by atoms with E-state index >= 15 is 0 Å². The first-order valence-electron chi connectivity index (χ1n) is 37.0. The number of rotatable bonds is 70. The molecule has 19 heteroatoms. The summed E-state index contributed by atoms with van der Waals surface area (Å²) in [4.78, 5) is 72.3. The van der Waals surface area contributed by atoms with Gasteiger partial charge in [-0.15, -0.1) is 0 Å². The Balaban J connectivity index is 5.16. The van der Waals surface area contributed by atoms with Crippen LogP contribution in [0, 0.1) is 11.8 Å². The van der Waals surface area contributed by atoms with Crippen molar-refractivity contribution in [2.75, 3.05) is 39.6 Å². The molecule has 2 unspecified atom stereocenters. The third-order valence-electron chi connectivity index (χ3n) is 16.5. The molecular formula is C71H138O17P2. The summed E-state index contributed by atoms with van der Waals surface area (Å²) >= 11 is 0. The van der Waals surface area contributed by atoms with Gasteiger partial charge in [-0.2, -0.15) is 0 Å². The molecule has 0 aliphatic rings. The molecule has 0 bridgehead atoms. The smallest absolute Gasteiger partial charge is 0.462 e. The Kier molecular flexibility index (Phi) is 61.8. The highest BCUT2D eigenvalue weighted by molar-refractivity contribution is 7.47. The van der Waals surface area contributed by atoms with E-state index in [1.807, 2.05) is 0 Å². The number of phosphoric ester groups is 2. The van der Waals surface area contributed by atoms with Crippen molar-refractivity contribution >= 4 is 39.5 Å². The molecule has 0 aromatic carbocycles. The maximum absolute atomic E-state index is 13.0. The van der Waals surface area contributed by atoms with E-state index in [-0.39, 0.29) is 25.7 Å². The topological polar surface area (TPSA) is 237 Å². The molecule has 0 aromatic rings. The SMILES string of the molecule is CCCCCCCCCCCCCCCCCCCC(=O)O[C@H](COC(=O)CCCCCCCCCCCCCCC(C)C)COP(=O)(O)OC[C@@H](O)COP(=O)(O)OC[C@@H](COC(=O)CCCCCCC)OC(=O)CCCCCCCCCCCCC(C)C. The van der Waals surface area contributed by atoms with E-state index in [4.69, 9.17) is 37.0 Å². The standard InChI is InChI=1S/C71H138O17P2/c1-7-9-11-13-14-15-16-17-18-19-20-21-26-32-37-43-49-55-71(76)88-67(60-82-69(74)54-48-42-36-31-25-23-22-24-29-34-40-45-51-63(3)4)62-86-90(79,80)84-58-65(72)57-83-89(77,78)85-61-66(59-81-68(73)53-47-39-12-10-8-2)87-70(75)56-50-44-38-33-28-27-30-35-41-46-52-64(5)6/h63-67,72H,7-62H2,1-6H3,(H,77,78)(H,79,80)/t65-,66+,67+/m0/s1. The van der Waals surface area contributed by atoms with Crippen LogP contribution in [0.25, 0.3) is 0 Å². The normalized spacial score (nSPS) is 14.1. The van der Waals surface area contributed by atoms with Gasteiger partial charge in [0.05, 0.1) is 26.4 Å². The minimum Gasteiger partial charge on any atom is -0.462 e. The number of aliphatic hydroxyl groups excluding tert-OH is 1. The minimum atomic E-state index is -4.95. The van der Waals surface area contributed by atoms with E-state index < -0.39 is 97.5 Å². The molecule has 0 saturated carbocycles. The molecule has 0 rings (SSSR count). The lowest BCUT2D eigenvalue weighted by atomic mass is 10.0. The predicted molar refractivity (Wildman–Crippen MR) is 363 cm³/mol. The number of esters is 4. The first-order chi connectivity index (χ1) is 43.4. The molecule has 5 atom stereocenters. The van der Waals surface area contributed by atoms with Gasteiger partial charge in [0.2, 0.25) is 0 Å². The van der Waals surface area contributed by atoms with Gasteiger partial charge in [-0.3, -0.25) is 37.3 Å². The number of phosphoric acid groups is 2. The number of hydrogen-bond donors (Lipinski definition) is 3. The third kappa shape index (κ3) is 64.8. The lowest BCUT2D eigenvalue weighted by molar-refractivity contribution is -0.161. The largest absolute Gasteiger partial charge is 0.472 e. The fourth-order valence-electron chi connectivity index (χ4n) is 10.8. The molecule has 3 N–H and O–H groups in total. The summed E-state index contributed by atoms with van der Waals surface area (Å²) in [5, 5.41) is 10.6. The Bertz CT molecular complexity index is 1750. The lowest BCUT2D eigenvalue weighted by Gasteiger charge is -2.21. The Hall–Kier alpha value is -1.94. The van der Waals surface area contributed by atoms with Gasteiger partial charge >= 0.3 is 39.5 Å². The van der Waals surface area contributed by atoms with Gasteiger partial charge in [0.15, 0.2) is 12.2 Å². The molecule has 0 radical (unpaired) electrons. The van der Waals surface area contributed by atoms with Crippen molar-refractivity contribution in [3.05, 3.63) is 0 Å². The second kappa shape index (κ2) is 63.1. The Labute approximate surface area is 549 Å². The molecule has 0 aromatic heterocycles. The highest BCUT2D eigenvalue weighted by Crippen LogP contribution is 2.45. The lowest BCUT2D eigenvalue weighted by Crippen LogP contribution is -2.30.